The van der Waals surface area contributed by atoms with Gasteiger partial charge in [0.15, 0.2) is 5.82 Å². The van der Waals surface area contributed by atoms with E-state index >= 15 is 0 Å². The molecule has 1 heterocycles. The lowest BCUT2D eigenvalue weighted by molar-refractivity contribution is 0.407. The third-order valence-electron chi connectivity index (χ3n) is 2.27. The first-order chi connectivity index (χ1) is 7.70. The SMILES string of the molecule is COc1ccccc1Cn1cc(Br)c(N)n1. The van der Waals surface area contributed by atoms with Crippen molar-refractivity contribution < 1.29 is 4.74 Å². The molecule has 0 bridgehead atoms. The van der Waals surface area contributed by atoms with Gasteiger partial charge in [0.1, 0.15) is 5.75 Å². The van der Waals surface area contributed by atoms with Crippen LogP contribution in [0.3, 0.4) is 0 Å². The van der Waals surface area contributed by atoms with Crippen LogP contribution in [0.1, 0.15) is 5.56 Å². The predicted octanol–water partition coefficient (Wildman–Crippen LogP) is 2.28. The van der Waals surface area contributed by atoms with Gasteiger partial charge in [-0.1, -0.05) is 18.2 Å². The Morgan fingerprint density at radius 1 is 1.44 bits per heavy atom. The van der Waals surface area contributed by atoms with E-state index in [1.807, 2.05) is 30.5 Å². The maximum Gasteiger partial charge on any atom is 0.159 e. The Bertz CT molecular complexity index is 476. The highest BCUT2D eigenvalue weighted by Gasteiger charge is 2.06. The average molecular weight is 282 g/mol. The number of nitrogen functional groups attached to an aromatic ring is 1. The lowest BCUT2D eigenvalue weighted by Gasteiger charge is -2.07. The molecule has 1 aromatic carbocycles. The van der Waals surface area contributed by atoms with Crippen LogP contribution in [0.25, 0.3) is 0 Å². The number of hydrogen-bond acceptors (Lipinski definition) is 3. The number of nitrogens with zero attached hydrogens (tertiary/aromatic N) is 2. The van der Waals surface area contributed by atoms with Crippen molar-refractivity contribution in [2.75, 3.05) is 12.8 Å². The molecule has 0 saturated heterocycles. The van der Waals surface area contributed by atoms with Gasteiger partial charge in [-0.2, -0.15) is 5.10 Å². The van der Waals surface area contributed by atoms with Gasteiger partial charge in [0, 0.05) is 11.8 Å². The van der Waals surface area contributed by atoms with Gasteiger partial charge >= 0.3 is 0 Å². The number of aromatic nitrogens is 2. The lowest BCUT2D eigenvalue weighted by atomic mass is 10.2. The number of methoxy groups -OCH3 is 1. The molecular weight excluding hydrogens is 270 g/mol. The van der Waals surface area contributed by atoms with Crippen molar-refractivity contribution in [2.24, 2.45) is 0 Å². The first-order valence-electron chi connectivity index (χ1n) is 4.81. The summed E-state index contributed by atoms with van der Waals surface area (Å²) in [5, 5.41) is 4.17. The molecule has 0 aliphatic heterocycles. The molecule has 0 atom stereocenters. The van der Waals surface area contributed by atoms with E-state index in [2.05, 4.69) is 21.0 Å². The molecule has 0 aliphatic carbocycles. The molecule has 1 aromatic heterocycles. The van der Waals surface area contributed by atoms with Crippen molar-refractivity contribution >= 4 is 21.7 Å². The Kier molecular flexibility index (Phi) is 3.14. The molecule has 84 valence electrons. The van der Waals surface area contributed by atoms with E-state index in [9.17, 15) is 0 Å². The van der Waals surface area contributed by atoms with E-state index in [1.54, 1.807) is 11.8 Å². The molecule has 0 radical (unpaired) electrons. The topological polar surface area (TPSA) is 53.1 Å². The standard InChI is InChI=1S/C11H12BrN3O/c1-16-10-5-3-2-4-8(10)6-15-7-9(12)11(13)14-15/h2-5,7H,6H2,1H3,(H2,13,14). The molecule has 2 N–H and O–H groups in total. The number of nitrogens with two attached hydrogens (primary N) is 1. The second kappa shape index (κ2) is 4.57. The molecule has 0 amide bonds. The number of hydrogen-bond donors (Lipinski definition) is 1. The zero-order valence-corrected chi connectivity index (χ0v) is 10.4. The zero-order valence-electron chi connectivity index (χ0n) is 8.85. The summed E-state index contributed by atoms with van der Waals surface area (Å²) in [6.45, 7) is 0.639. The number of halogens is 1. The van der Waals surface area contributed by atoms with Crippen LogP contribution < -0.4 is 10.5 Å². The predicted molar refractivity (Wildman–Crippen MR) is 66.4 cm³/mol. The van der Waals surface area contributed by atoms with Crippen LogP contribution in [0, 0.1) is 0 Å². The van der Waals surface area contributed by atoms with E-state index in [0.29, 0.717) is 12.4 Å². The Hall–Kier alpha value is -1.49. The van der Waals surface area contributed by atoms with Crippen molar-refractivity contribution in [2.45, 2.75) is 6.54 Å². The summed E-state index contributed by atoms with van der Waals surface area (Å²) in [7, 11) is 1.66. The Balaban J connectivity index is 2.26. The smallest absolute Gasteiger partial charge is 0.159 e. The van der Waals surface area contributed by atoms with Crippen LogP contribution in [0.15, 0.2) is 34.9 Å². The first kappa shape index (κ1) is 11.0. The van der Waals surface area contributed by atoms with Gasteiger partial charge in [-0.3, -0.25) is 4.68 Å². The van der Waals surface area contributed by atoms with Gasteiger partial charge in [0.05, 0.1) is 18.1 Å². The molecule has 16 heavy (non-hydrogen) atoms. The van der Waals surface area contributed by atoms with Gasteiger partial charge in [0.2, 0.25) is 0 Å². The minimum absolute atomic E-state index is 0.495. The van der Waals surface area contributed by atoms with Crippen LogP contribution in [0.4, 0.5) is 5.82 Å². The third kappa shape index (κ3) is 2.19. The van der Waals surface area contributed by atoms with Crippen LogP contribution in [-0.2, 0) is 6.54 Å². The van der Waals surface area contributed by atoms with E-state index in [-0.39, 0.29) is 0 Å². The number of anilines is 1. The third-order valence-corrected chi connectivity index (χ3v) is 2.88. The van der Waals surface area contributed by atoms with Crippen LogP contribution in [-0.4, -0.2) is 16.9 Å². The fourth-order valence-electron chi connectivity index (χ4n) is 1.50. The molecule has 5 heteroatoms. The van der Waals surface area contributed by atoms with Crippen molar-refractivity contribution in [1.82, 2.24) is 9.78 Å². The summed E-state index contributed by atoms with van der Waals surface area (Å²) in [5.41, 5.74) is 6.72. The molecule has 2 rings (SSSR count). The number of rotatable bonds is 3. The fraction of sp³-hybridized carbons (Fsp3) is 0.182. The van der Waals surface area contributed by atoms with E-state index < -0.39 is 0 Å². The molecule has 0 aliphatic rings. The first-order valence-corrected chi connectivity index (χ1v) is 5.60. The van der Waals surface area contributed by atoms with Crippen LogP contribution in [0.5, 0.6) is 5.75 Å². The fourth-order valence-corrected chi connectivity index (χ4v) is 1.82. The molecule has 0 unspecified atom stereocenters. The monoisotopic (exact) mass is 281 g/mol. The second-order valence-corrected chi connectivity index (χ2v) is 4.23. The van der Waals surface area contributed by atoms with Crippen LogP contribution >= 0.6 is 15.9 Å². The normalized spacial score (nSPS) is 10.4. The largest absolute Gasteiger partial charge is 0.496 e. The minimum Gasteiger partial charge on any atom is -0.496 e. The summed E-state index contributed by atoms with van der Waals surface area (Å²) in [5.74, 6) is 1.35. The zero-order chi connectivity index (χ0) is 11.5. The second-order valence-electron chi connectivity index (χ2n) is 3.37. The number of ether oxygens (including phenoxy) is 1. The Morgan fingerprint density at radius 3 is 2.81 bits per heavy atom. The van der Waals surface area contributed by atoms with Gasteiger partial charge < -0.3 is 10.5 Å². The maximum absolute atomic E-state index is 5.65. The quantitative estimate of drug-likeness (QED) is 0.939. The highest BCUT2D eigenvalue weighted by molar-refractivity contribution is 9.10. The van der Waals surface area contributed by atoms with Crippen molar-refractivity contribution in [3.05, 3.63) is 40.5 Å². The molecule has 4 nitrogen and oxygen atoms in total. The van der Waals surface area contributed by atoms with Crippen molar-refractivity contribution in [3.8, 4) is 5.75 Å². The van der Waals surface area contributed by atoms with Gasteiger partial charge in [-0.25, -0.2) is 0 Å². The number of benzene rings is 1. The number of para-hydroxylation sites is 1. The summed E-state index contributed by atoms with van der Waals surface area (Å²) in [6.07, 6.45) is 1.85. The van der Waals surface area contributed by atoms with Gasteiger partial charge in [-0.15, -0.1) is 0 Å². The lowest BCUT2D eigenvalue weighted by Crippen LogP contribution is -2.02. The van der Waals surface area contributed by atoms with Crippen LogP contribution in [0.2, 0.25) is 0 Å². The maximum atomic E-state index is 5.65. The van der Waals surface area contributed by atoms with E-state index in [1.165, 1.54) is 0 Å². The molecule has 0 fully saturated rings. The highest BCUT2D eigenvalue weighted by atomic mass is 79.9. The average Bonchev–Trinajstić information content (AvgIpc) is 2.59. The van der Waals surface area contributed by atoms with Crippen molar-refractivity contribution in [1.29, 1.82) is 0 Å². The molecule has 0 spiro atoms. The Labute approximate surface area is 102 Å². The van der Waals surface area contributed by atoms with Gasteiger partial charge in [0.25, 0.3) is 0 Å². The highest BCUT2D eigenvalue weighted by Crippen LogP contribution is 2.21. The molecular formula is C11H12BrN3O. The van der Waals surface area contributed by atoms with Gasteiger partial charge in [-0.05, 0) is 22.0 Å². The summed E-state index contributed by atoms with van der Waals surface area (Å²) < 4.78 is 7.85. The van der Waals surface area contributed by atoms with E-state index in [4.69, 9.17) is 10.5 Å². The summed E-state index contributed by atoms with van der Waals surface area (Å²) in [4.78, 5) is 0. The molecule has 0 saturated carbocycles. The summed E-state index contributed by atoms with van der Waals surface area (Å²) in [6, 6.07) is 7.84. The van der Waals surface area contributed by atoms with E-state index in [0.717, 1.165) is 15.8 Å². The minimum atomic E-state index is 0.495. The summed E-state index contributed by atoms with van der Waals surface area (Å²) >= 11 is 3.33. The Morgan fingerprint density at radius 2 is 2.19 bits per heavy atom. The van der Waals surface area contributed by atoms with Crippen molar-refractivity contribution in [3.63, 3.8) is 0 Å². The molecule has 2 aromatic rings.